The second-order valence-corrected chi connectivity index (χ2v) is 11.9. The van der Waals surface area contributed by atoms with Crippen LogP contribution in [0.25, 0.3) is 44.6 Å². The number of halogens is 1. The Kier molecular flexibility index (Phi) is 5.39. The van der Waals surface area contributed by atoms with Gasteiger partial charge in [-0.15, -0.1) is 0 Å². The fraction of sp³-hybridized carbons (Fsp3) is 0.355. The van der Waals surface area contributed by atoms with Crippen LogP contribution in [0.5, 0.6) is 0 Å². The normalized spacial score (nSPS) is 22.6. The summed E-state index contributed by atoms with van der Waals surface area (Å²) in [6.45, 7) is 4.21. The predicted octanol–water partition coefficient (Wildman–Crippen LogP) is 6.48. The third-order valence-electron chi connectivity index (χ3n) is 8.96. The molecule has 2 aliphatic carbocycles. The second-order valence-electron chi connectivity index (χ2n) is 11.5. The Morgan fingerprint density at radius 1 is 1.00 bits per heavy atom. The van der Waals surface area contributed by atoms with Crippen molar-refractivity contribution in [3.05, 3.63) is 65.1 Å². The van der Waals surface area contributed by atoms with Crippen molar-refractivity contribution in [1.82, 2.24) is 30.2 Å². The summed E-state index contributed by atoms with van der Waals surface area (Å²) in [7, 11) is 0. The van der Waals surface area contributed by atoms with Crippen LogP contribution in [-0.4, -0.2) is 44.1 Å². The molecule has 8 heteroatoms. The average molecular weight is 536 g/mol. The van der Waals surface area contributed by atoms with Crippen LogP contribution in [0.4, 0.5) is 5.82 Å². The molecule has 0 radical (unpaired) electrons. The van der Waals surface area contributed by atoms with E-state index in [0.717, 1.165) is 63.2 Å². The van der Waals surface area contributed by atoms with Crippen LogP contribution in [0.15, 0.2) is 48.9 Å². The lowest BCUT2D eigenvalue weighted by molar-refractivity contribution is 0.342. The van der Waals surface area contributed by atoms with E-state index in [4.69, 9.17) is 21.6 Å². The standard InChI is InChI=1S/C31H30ClN7/c1-16-3-2-4-23(32)26(16)24-11-21-20(9-10-35-29(21)36-24)30-37-25-15-34-14-22(17-5-6-17)27(25)31(39-30)38-28-18-7-8-19(28)13-33-12-18/h2-4,9-11,14-15,17-19,28,33H,5-8,12-13H2,1H3,(H,35,36)(H,37,38,39)/t18-,19?,28?/m1/s1. The topological polar surface area (TPSA) is 91.4 Å². The number of pyridine rings is 2. The minimum atomic E-state index is 0.428. The quantitative estimate of drug-likeness (QED) is 0.238. The van der Waals surface area contributed by atoms with Gasteiger partial charge in [-0.1, -0.05) is 23.7 Å². The molecule has 1 saturated heterocycles. The third-order valence-corrected chi connectivity index (χ3v) is 9.27. The SMILES string of the molecule is Cc1cccc(Cl)c1-c1cc2c(-c3nc(NC4C5CC[C@@H]4CNC5)c4c(C5CC5)cncc4n3)ccnc2[nH]1. The molecule has 3 N–H and O–H groups in total. The average Bonchev–Trinajstić information content (AvgIpc) is 3.66. The molecule has 39 heavy (non-hydrogen) atoms. The number of aryl methyl sites for hydroxylation is 1. The summed E-state index contributed by atoms with van der Waals surface area (Å²) < 4.78 is 0. The molecule has 5 heterocycles. The largest absolute Gasteiger partial charge is 0.366 e. The van der Waals surface area contributed by atoms with Gasteiger partial charge in [0.15, 0.2) is 5.82 Å². The van der Waals surface area contributed by atoms with Gasteiger partial charge in [0.2, 0.25) is 0 Å². The Bertz CT molecular complexity index is 1700. The molecule has 3 fully saturated rings. The summed E-state index contributed by atoms with van der Waals surface area (Å²) in [5, 5.41) is 10.4. The molecular formula is C31H30ClN7. The van der Waals surface area contributed by atoms with Crippen LogP contribution in [0.2, 0.25) is 5.02 Å². The van der Waals surface area contributed by atoms with Gasteiger partial charge in [-0.2, -0.15) is 0 Å². The number of benzene rings is 1. The summed E-state index contributed by atoms with van der Waals surface area (Å²) >= 11 is 6.62. The number of fused-ring (bicyclic) bond motifs is 4. The third kappa shape index (κ3) is 3.90. The zero-order chi connectivity index (χ0) is 26.1. The second kappa shape index (κ2) is 9.00. The van der Waals surface area contributed by atoms with E-state index in [0.29, 0.717) is 34.6 Å². The van der Waals surface area contributed by atoms with Crippen LogP contribution in [-0.2, 0) is 0 Å². The summed E-state index contributed by atoms with van der Waals surface area (Å²) in [6, 6.07) is 10.5. The van der Waals surface area contributed by atoms with Crippen molar-refractivity contribution in [3.8, 4) is 22.6 Å². The highest BCUT2D eigenvalue weighted by Gasteiger charge is 2.39. The smallest absolute Gasteiger partial charge is 0.163 e. The number of H-pyrrole nitrogens is 1. The fourth-order valence-electron chi connectivity index (χ4n) is 6.85. The maximum atomic E-state index is 6.62. The van der Waals surface area contributed by atoms with Crippen LogP contribution >= 0.6 is 11.6 Å². The maximum absolute atomic E-state index is 6.62. The van der Waals surface area contributed by atoms with Gasteiger partial charge in [0.25, 0.3) is 0 Å². The van der Waals surface area contributed by atoms with Gasteiger partial charge < -0.3 is 15.6 Å². The highest BCUT2D eigenvalue weighted by atomic mass is 35.5. The highest BCUT2D eigenvalue weighted by molar-refractivity contribution is 6.33. The molecule has 0 spiro atoms. The number of nitrogens with one attached hydrogen (secondary N) is 3. The van der Waals surface area contributed by atoms with Gasteiger partial charge in [-0.05, 0) is 92.8 Å². The van der Waals surface area contributed by atoms with E-state index < -0.39 is 0 Å². The van der Waals surface area contributed by atoms with Crippen molar-refractivity contribution in [2.24, 2.45) is 11.8 Å². The number of nitrogens with zero attached hydrogens (tertiary/aromatic N) is 4. The molecule has 1 aliphatic heterocycles. The van der Waals surface area contributed by atoms with Crippen molar-refractivity contribution in [2.45, 2.75) is 44.6 Å². The monoisotopic (exact) mass is 535 g/mol. The highest BCUT2D eigenvalue weighted by Crippen LogP contribution is 2.45. The van der Waals surface area contributed by atoms with Gasteiger partial charge in [0, 0.05) is 46.0 Å². The molecule has 4 aromatic heterocycles. The molecule has 1 aromatic carbocycles. The fourth-order valence-corrected chi connectivity index (χ4v) is 7.17. The van der Waals surface area contributed by atoms with Crippen LogP contribution in [0.3, 0.4) is 0 Å². The number of anilines is 1. The molecule has 8 rings (SSSR count). The first-order valence-corrected chi connectivity index (χ1v) is 14.4. The molecule has 5 aromatic rings. The van der Waals surface area contributed by atoms with E-state index in [1.165, 1.54) is 31.2 Å². The van der Waals surface area contributed by atoms with Crippen LogP contribution in [0.1, 0.15) is 42.7 Å². The van der Waals surface area contributed by atoms with Crippen molar-refractivity contribution < 1.29 is 0 Å². The first-order chi connectivity index (χ1) is 19.1. The number of rotatable bonds is 5. The van der Waals surface area contributed by atoms with Crippen molar-refractivity contribution in [2.75, 3.05) is 18.4 Å². The van der Waals surface area contributed by atoms with Crippen LogP contribution in [0, 0.1) is 18.8 Å². The van der Waals surface area contributed by atoms with Gasteiger partial charge in [-0.3, -0.25) is 4.98 Å². The zero-order valence-corrected chi connectivity index (χ0v) is 22.6. The first-order valence-electron chi connectivity index (χ1n) is 14.0. The van der Waals surface area contributed by atoms with E-state index in [1.807, 2.05) is 36.8 Å². The lowest BCUT2D eigenvalue weighted by Crippen LogP contribution is -2.45. The molecule has 3 aliphatic rings. The summed E-state index contributed by atoms with van der Waals surface area (Å²) in [6.07, 6.45) is 10.7. The van der Waals surface area contributed by atoms with Gasteiger partial charge in [0.1, 0.15) is 11.5 Å². The van der Waals surface area contributed by atoms with Gasteiger partial charge in [-0.25, -0.2) is 15.0 Å². The number of aromatic nitrogens is 5. The summed E-state index contributed by atoms with van der Waals surface area (Å²) in [5.41, 5.74) is 6.96. The molecule has 7 nitrogen and oxygen atoms in total. The minimum absolute atomic E-state index is 0.428. The number of hydrogen-bond acceptors (Lipinski definition) is 6. The Hall–Kier alpha value is -3.55. The molecule has 196 valence electrons. The molecule has 2 unspecified atom stereocenters. The van der Waals surface area contributed by atoms with E-state index in [-0.39, 0.29) is 0 Å². The van der Waals surface area contributed by atoms with Crippen LogP contribution < -0.4 is 10.6 Å². The molecule has 3 atom stereocenters. The molecule has 2 bridgehead atoms. The lowest BCUT2D eigenvalue weighted by Gasteiger charge is -2.32. The molecule has 0 amide bonds. The Morgan fingerprint density at radius 3 is 2.64 bits per heavy atom. The Balaban J connectivity index is 1.30. The minimum Gasteiger partial charge on any atom is -0.366 e. The van der Waals surface area contributed by atoms with Gasteiger partial charge >= 0.3 is 0 Å². The molecular weight excluding hydrogens is 506 g/mol. The first kappa shape index (κ1) is 23.3. The predicted molar refractivity (Wildman–Crippen MR) is 156 cm³/mol. The number of hydrogen-bond donors (Lipinski definition) is 3. The number of piperidine rings is 1. The van der Waals surface area contributed by atoms with E-state index in [1.54, 1.807) is 0 Å². The Labute approximate surface area is 231 Å². The van der Waals surface area contributed by atoms with Crippen molar-refractivity contribution in [3.63, 3.8) is 0 Å². The lowest BCUT2D eigenvalue weighted by atomic mass is 9.93. The van der Waals surface area contributed by atoms with Crippen molar-refractivity contribution >= 4 is 39.4 Å². The van der Waals surface area contributed by atoms with E-state index in [2.05, 4.69) is 44.6 Å². The maximum Gasteiger partial charge on any atom is 0.163 e. The summed E-state index contributed by atoms with van der Waals surface area (Å²) in [5.74, 6) is 3.45. The number of aromatic amines is 1. The van der Waals surface area contributed by atoms with E-state index in [9.17, 15) is 0 Å². The zero-order valence-electron chi connectivity index (χ0n) is 21.8. The molecule has 2 saturated carbocycles. The van der Waals surface area contributed by atoms with Crippen molar-refractivity contribution in [1.29, 1.82) is 0 Å². The van der Waals surface area contributed by atoms with E-state index >= 15 is 0 Å². The Morgan fingerprint density at radius 2 is 1.85 bits per heavy atom. The van der Waals surface area contributed by atoms with Gasteiger partial charge in [0.05, 0.1) is 16.7 Å². The summed E-state index contributed by atoms with van der Waals surface area (Å²) in [4.78, 5) is 23.1.